The first-order valence-electron chi connectivity index (χ1n) is 10.7. The molecule has 0 aliphatic carbocycles. The lowest BCUT2D eigenvalue weighted by Gasteiger charge is -2.43. The van der Waals surface area contributed by atoms with Crippen LogP contribution in [0.3, 0.4) is 0 Å². The maximum atomic E-state index is 13.3. The summed E-state index contributed by atoms with van der Waals surface area (Å²) >= 11 is 0. The summed E-state index contributed by atoms with van der Waals surface area (Å²) in [6.45, 7) is 7.27. The average molecular weight is 424 g/mol. The van der Waals surface area contributed by atoms with Crippen molar-refractivity contribution in [3.8, 4) is 11.1 Å². The Hall–Kier alpha value is -2.73. The Balaban J connectivity index is 1.89. The maximum absolute atomic E-state index is 13.3. The van der Waals surface area contributed by atoms with Gasteiger partial charge in [-0.3, -0.25) is 14.6 Å². The summed E-state index contributed by atoms with van der Waals surface area (Å²) in [5.74, 6) is -0.0488. The van der Waals surface area contributed by atoms with Gasteiger partial charge in [0.05, 0.1) is 13.2 Å². The van der Waals surface area contributed by atoms with Crippen LogP contribution in [0.25, 0.3) is 11.1 Å². The van der Waals surface area contributed by atoms with E-state index in [2.05, 4.69) is 11.1 Å². The first kappa shape index (κ1) is 22.9. The number of carbonyl (C=O) groups is 2. The Labute approximate surface area is 185 Å². The first-order valence-corrected chi connectivity index (χ1v) is 10.7. The minimum atomic E-state index is -1.09. The first-order chi connectivity index (χ1) is 14.6. The van der Waals surface area contributed by atoms with Crippen LogP contribution in [0.1, 0.15) is 32.8 Å². The van der Waals surface area contributed by atoms with Gasteiger partial charge in [0, 0.05) is 45.9 Å². The Morgan fingerprint density at radius 1 is 1.13 bits per heavy atom. The molecule has 1 fully saturated rings. The largest absolute Gasteiger partial charge is 0.361 e. The van der Waals surface area contributed by atoms with E-state index < -0.39 is 5.60 Å². The minimum Gasteiger partial charge on any atom is -0.361 e. The average Bonchev–Trinajstić information content (AvgIpc) is 2.73. The number of hydrogen-bond acceptors (Lipinski definition) is 4. The second-order valence-corrected chi connectivity index (χ2v) is 9.71. The molecule has 3 rings (SSSR count). The number of amides is 2. The standard InChI is InChI=1S/C25H33N3O3/c1-24(2,3)17-22(29)28-13-14-31-25(18-28,23(30)27(4)5)16-19-7-6-8-21(15-19)20-9-11-26-12-10-20/h6-12,15H,13-14,16-18H2,1-5H3/t25-/m1/s1. The second kappa shape index (κ2) is 9.18. The number of likely N-dealkylation sites (N-methyl/N-ethyl adjacent to an activating group) is 1. The van der Waals surface area contributed by atoms with Crippen LogP contribution in [-0.2, 0) is 20.7 Å². The lowest BCUT2D eigenvalue weighted by atomic mass is 9.88. The Morgan fingerprint density at radius 2 is 1.84 bits per heavy atom. The number of hydrogen-bond donors (Lipinski definition) is 0. The summed E-state index contributed by atoms with van der Waals surface area (Å²) < 4.78 is 6.15. The van der Waals surface area contributed by atoms with E-state index in [4.69, 9.17) is 4.74 Å². The van der Waals surface area contributed by atoms with Crippen LogP contribution in [0.4, 0.5) is 0 Å². The summed E-state index contributed by atoms with van der Waals surface area (Å²) in [4.78, 5) is 33.6. The van der Waals surface area contributed by atoms with Crippen LogP contribution >= 0.6 is 0 Å². The summed E-state index contributed by atoms with van der Waals surface area (Å²) in [6.07, 6.45) is 4.38. The quantitative estimate of drug-likeness (QED) is 0.739. The topological polar surface area (TPSA) is 62.7 Å². The van der Waals surface area contributed by atoms with E-state index in [-0.39, 0.29) is 23.8 Å². The molecule has 0 spiro atoms. The zero-order valence-corrected chi connectivity index (χ0v) is 19.2. The molecule has 2 heterocycles. The van der Waals surface area contributed by atoms with Crippen molar-refractivity contribution >= 4 is 11.8 Å². The molecule has 6 nitrogen and oxygen atoms in total. The van der Waals surface area contributed by atoms with Gasteiger partial charge in [0.2, 0.25) is 5.91 Å². The number of carbonyl (C=O) groups excluding carboxylic acids is 2. The SMILES string of the molecule is CN(C)C(=O)[C@@]1(Cc2cccc(-c3ccncc3)c2)CN(C(=O)CC(C)(C)C)CCO1. The third-order valence-corrected chi connectivity index (χ3v) is 5.45. The predicted octanol–water partition coefficient (Wildman–Crippen LogP) is 3.41. The highest BCUT2D eigenvalue weighted by molar-refractivity contribution is 5.87. The van der Waals surface area contributed by atoms with Crippen LogP contribution in [0.5, 0.6) is 0 Å². The molecule has 2 aromatic rings. The van der Waals surface area contributed by atoms with Crippen molar-refractivity contribution in [2.24, 2.45) is 5.41 Å². The van der Waals surface area contributed by atoms with Crippen LogP contribution in [0.2, 0.25) is 0 Å². The molecule has 0 N–H and O–H groups in total. The predicted molar refractivity (Wildman–Crippen MR) is 121 cm³/mol. The van der Waals surface area contributed by atoms with E-state index in [9.17, 15) is 9.59 Å². The van der Waals surface area contributed by atoms with E-state index in [1.165, 1.54) is 0 Å². The Kier molecular flexibility index (Phi) is 6.80. The molecule has 166 valence electrons. The van der Waals surface area contributed by atoms with Crippen molar-refractivity contribution in [2.75, 3.05) is 33.8 Å². The molecule has 0 radical (unpaired) electrons. The van der Waals surface area contributed by atoms with E-state index >= 15 is 0 Å². The van der Waals surface area contributed by atoms with Gasteiger partial charge in [0.25, 0.3) is 5.91 Å². The van der Waals surface area contributed by atoms with Gasteiger partial charge in [-0.1, -0.05) is 45.0 Å². The third kappa shape index (κ3) is 5.70. The monoisotopic (exact) mass is 423 g/mol. The molecule has 1 aromatic carbocycles. The van der Waals surface area contributed by atoms with E-state index in [1.807, 2.05) is 51.1 Å². The van der Waals surface area contributed by atoms with Crippen molar-refractivity contribution in [3.63, 3.8) is 0 Å². The molecule has 0 bridgehead atoms. The van der Waals surface area contributed by atoms with Gasteiger partial charge in [-0.25, -0.2) is 0 Å². The molecule has 31 heavy (non-hydrogen) atoms. The van der Waals surface area contributed by atoms with Crippen molar-refractivity contribution in [2.45, 2.75) is 39.2 Å². The normalized spacial score (nSPS) is 19.2. The molecule has 1 aliphatic heterocycles. The van der Waals surface area contributed by atoms with Crippen LogP contribution in [0.15, 0.2) is 48.8 Å². The number of morpholine rings is 1. The zero-order valence-electron chi connectivity index (χ0n) is 19.2. The second-order valence-electron chi connectivity index (χ2n) is 9.71. The number of aromatic nitrogens is 1. The van der Waals surface area contributed by atoms with E-state index in [0.717, 1.165) is 16.7 Å². The molecule has 0 saturated carbocycles. The molecule has 6 heteroatoms. The number of ether oxygens (including phenoxy) is 1. The molecule has 1 atom stereocenters. The van der Waals surface area contributed by atoms with Crippen molar-refractivity contribution in [1.82, 2.24) is 14.8 Å². The van der Waals surface area contributed by atoms with Gasteiger partial charge in [0.1, 0.15) is 0 Å². The van der Waals surface area contributed by atoms with E-state index in [0.29, 0.717) is 26.0 Å². The Morgan fingerprint density at radius 3 is 2.48 bits per heavy atom. The van der Waals surface area contributed by atoms with Crippen LogP contribution in [0, 0.1) is 5.41 Å². The number of benzene rings is 1. The van der Waals surface area contributed by atoms with Gasteiger partial charge in [-0.15, -0.1) is 0 Å². The fraction of sp³-hybridized carbons (Fsp3) is 0.480. The highest BCUT2D eigenvalue weighted by atomic mass is 16.5. The summed E-state index contributed by atoms with van der Waals surface area (Å²) in [5.41, 5.74) is 1.92. The number of pyridine rings is 1. The highest BCUT2D eigenvalue weighted by Gasteiger charge is 2.46. The van der Waals surface area contributed by atoms with Gasteiger partial charge in [0.15, 0.2) is 5.60 Å². The number of nitrogens with zero attached hydrogens (tertiary/aromatic N) is 3. The lowest BCUT2D eigenvalue weighted by molar-refractivity contribution is -0.173. The fourth-order valence-electron chi connectivity index (χ4n) is 4.02. The molecule has 1 aliphatic rings. The molecule has 2 amide bonds. The third-order valence-electron chi connectivity index (χ3n) is 5.45. The van der Waals surface area contributed by atoms with Gasteiger partial charge >= 0.3 is 0 Å². The Bertz CT molecular complexity index is 921. The van der Waals surface area contributed by atoms with Gasteiger partial charge < -0.3 is 14.5 Å². The van der Waals surface area contributed by atoms with Gasteiger partial charge in [-0.05, 0) is 34.2 Å². The van der Waals surface area contributed by atoms with Crippen molar-refractivity contribution < 1.29 is 14.3 Å². The molecule has 1 aromatic heterocycles. The summed E-state index contributed by atoms with van der Waals surface area (Å²) in [7, 11) is 3.47. The maximum Gasteiger partial charge on any atom is 0.256 e. The molecule has 1 saturated heterocycles. The van der Waals surface area contributed by atoms with Crippen LogP contribution in [-0.4, -0.2) is 66.0 Å². The summed E-state index contributed by atoms with van der Waals surface area (Å²) in [5, 5.41) is 0. The van der Waals surface area contributed by atoms with Crippen molar-refractivity contribution in [1.29, 1.82) is 0 Å². The minimum absolute atomic E-state index is 0.0669. The van der Waals surface area contributed by atoms with Gasteiger partial charge in [-0.2, -0.15) is 0 Å². The van der Waals surface area contributed by atoms with E-state index in [1.54, 1.807) is 36.3 Å². The molecular weight excluding hydrogens is 390 g/mol. The molecular formula is C25H33N3O3. The summed E-state index contributed by atoms with van der Waals surface area (Å²) in [6, 6.07) is 12.0. The van der Waals surface area contributed by atoms with Crippen molar-refractivity contribution in [3.05, 3.63) is 54.4 Å². The molecule has 0 unspecified atom stereocenters. The fourth-order valence-corrected chi connectivity index (χ4v) is 4.02. The lowest BCUT2D eigenvalue weighted by Crippen LogP contribution is -2.62. The zero-order chi connectivity index (χ0) is 22.6. The van der Waals surface area contributed by atoms with Crippen LogP contribution < -0.4 is 0 Å². The highest BCUT2D eigenvalue weighted by Crippen LogP contribution is 2.29. The smallest absolute Gasteiger partial charge is 0.256 e. The number of rotatable bonds is 5.